The van der Waals surface area contributed by atoms with Crippen molar-refractivity contribution in [1.29, 1.82) is 0 Å². The molecule has 2 rings (SSSR count). The Morgan fingerprint density at radius 1 is 1.33 bits per heavy atom. The van der Waals surface area contributed by atoms with Gasteiger partial charge in [0, 0.05) is 31.8 Å². The highest BCUT2D eigenvalue weighted by molar-refractivity contribution is 5.91. The van der Waals surface area contributed by atoms with Gasteiger partial charge in [-0.05, 0) is 26.0 Å². The van der Waals surface area contributed by atoms with Gasteiger partial charge in [0.05, 0.1) is 4.92 Å². The number of hydrogen-bond donors (Lipinski definition) is 0. The zero-order valence-corrected chi connectivity index (χ0v) is 12.2. The van der Waals surface area contributed by atoms with Crippen LogP contribution in [0, 0.1) is 10.1 Å². The molecule has 0 unspecified atom stereocenters. The molecule has 1 aliphatic rings. The SMILES string of the molecule is CN1CCN(c2ccc(C=O)cc2[N+](=O)[O-])C(C)(C)C1=O. The van der Waals surface area contributed by atoms with Crippen molar-refractivity contribution in [2.24, 2.45) is 0 Å². The van der Waals surface area contributed by atoms with Crippen molar-refractivity contribution in [2.75, 3.05) is 25.0 Å². The predicted molar refractivity (Wildman–Crippen MR) is 77.5 cm³/mol. The molecular weight excluding hydrogens is 274 g/mol. The highest BCUT2D eigenvalue weighted by Crippen LogP contribution is 2.35. The fraction of sp³-hybridized carbons (Fsp3) is 0.429. The van der Waals surface area contributed by atoms with Crippen molar-refractivity contribution in [1.82, 2.24) is 4.90 Å². The van der Waals surface area contributed by atoms with E-state index in [0.717, 1.165) is 0 Å². The van der Waals surface area contributed by atoms with Crippen molar-refractivity contribution in [3.05, 3.63) is 33.9 Å². The maximum atomic E-state index is 12.3. The quantitative estimate of drug-likeness (QED) is 0.478. The molecule has 1 fully saturated rings. The average molecular weight is 291 g/mol. The van der Waals surface area contributed by atoms with Crippen molar-refractivity contribution in [3.63, 3.8) is 0 Å². The Bertz CT molecular complexity index is 612. The summed E-state index contributed by atoms with van der Waals surface area (Å²) in [6.45, 7) is 4.47. The third kappa shape index (κ3) is 2.46. The van der Waals surface area contributed by atoms with Crippen molar-refractivity contribution < 1.29 is 14.5 Å². The molecule has 1 saturated heterocycles. The molecule has 0 saturated carbocycles. The molecule has 0 spiro atoms. The summed E-state index contributed by atoms with van der Waals surface area (Å²) in [5.74, 6) is -0.0949. The second kappa shape index (κ2) is 5.16. The van der Waals surface area contributed by atoms with Crippen LogP contribution in [0.3, 0.4) is 0 Å². The Kier molecular flexibility index (Phi) is 3.67. The van der Waals surface area contributed by atoms with E-state index in [9.17, 15) is 19.7 Å². The maximum absolute atomic E-state index is 12.3. The number of amides is 1. The molecule has 0 bridgehead atoms. The van der Waals surface area contributed by atoms with Crippen LogP contribution in [0.15, 0.2) is 18.2 Å². The summed E-state index contributed by atoms with van der Waals surface area (Å²) < 4.78 is 0. The number of nitro benzene ring substituents is 1. The number of hydrogen-bond acceptors (Lipinski definition) is 5. The van der Waals surface area contributed by atoms with Crippen LogP contribution in [0.5, 0.6) is 0 Å². The first-order valence-electron chi connectivity index (χ1n) is 6.56. The third-order valence-corrected chi connectivity index (χ3v) is 3.83. The Balaban J connectivity index is 2.53. The number of nitrogens with zero attached hydrogens (tertiary/aromatic N) is 3. The molecule has 1 aromatic carbocycles. The lowest BCUT2D eigenvalue weighted by Crippen LogP contribution is -2.62. The topological polar surface area (TPSA) is 83.8 Å². The molecule has 1 amide bonds. The van der Waals surface area contributed by atoms with Gasteiger partial charge < -0.3 is 9.80 Å². The van der Waals surface area contributed by atoms with Crippen LogP contribution < -0.4 is 4.90 Å². The Hall–Kier alpha value is -2.44. The lowest BCUT2D eigenvalue weighted by molar-refractivity contribution is -0.384. The van der Waals surface area contributed by atoms with Crippen LogP contribution in [0.25, 0.3) is 0 Å². The first-order valence-corrected chi connectivity index (χ1v) is 6.56. The largest absolute Gasteiger partial charge is 0.350 e. The Morgan fingerprint density at radius 2 is 2.00 bits per heavy atom. The molecule has 7 nitrogen and oxygen atoms in total. The van der Waals surface area contributed by atoms with Gasteiger partial charge >= 0.3 is 0 Å². The van der Waals surface area contributed by atoms with Crippen LogP contribution in [-0.2, 0) is 4.79 Å². The van der Waals surface area contributed by atoms with E-state index in [4.69, 9.17) is 0 Å². The van der Waals surface area contributed by atoms with Crippen LogP contribution in [0.1, 0.15) is 24.2 Å². The summed E-state index contributed by atoms with van der Waals surface area (Å²) in [6.07, 6.45) is 0.567. The lowest BCUT2D eigenvalue weighted by Gasteiger charge is -2.45. The monoisotopic (exact) mass is 291 g/mol. The van der Waals surface area contributed by atoms with Crippen LogP contribution in [0.2, 0.25) is 0 Å². The maximum Gasteiger partial charge on any atom is 0.293 e. The van der Waals surface area contributed by atoms with Gasteiger partial charge in [0.25, 0.3) is 5.69 Å². The van der Waals surface area contributed by atoms with Crippen LogP contribution in [-0.4, -0.2) is 47.7 Å². The van der Waals surface area contributed by atoms with E-state index in [1.54, 1.807) is 30.7 Å². The number of aldehydes is 1. The molecule has 0 aromatic heterocycles. The minimum absolute atomic E-state index is 0.0949. The van der Waals surface area contributed by atoms with Crippen LogP contribution in [0.4, 0.5) is 11.4 Å². The summed E-state index contributed by atoms with van der Waals surface area (Å²) in [5, 5.41) is 11.3. The van der Waals surface area contributed by atoms with Gasteiger partial charge in [-0.2, -0.15) is 0 Å². The molecule has 112 valence electrons. The molecule has 1 aliphatic heterocycles. The molecule has 0 N–H and O–H groups in total. The van der Waals surface area contributed by atoms with E-state index in [2.05, 4.69) is 0 Å². The summed E-state index contributed by atoms with van der Waals surface area (Å²) in [7, 11) is 1.71. The summed E-state index contributed by atoms with van der Waals surface area (Å²) in [5.41, 5.74) is -0.439. The number of anilines is 1. The van der Waals surface area contributed by atoms with Gasteiger partial charge in [-0.3, -0.25) is 19.7 Å². The van der Waals surface area contributed by atoms with Gasteiger partial charge in [-0.1, -0.05) is 0 Å². The number of piperazine rings is 1. The standard InChI is InChI=1S/C14H17N3O4/c1-14(2)13(19)15(3)6-7-16(14)11-5-4-10(9-18)8-12(11)17(20)21/h4-5,8-9H,6-7H2,1-3H3. The number of likely N-dealkylation sites (N-methyl/N-ethyl adjacent to an activating group) is 1. The molecule has 7 heteroatoms. The number of benzene rings is 1. The smallest absolute Gasteiger partial charge is 0.293 e. The second-order valence-electron chi connectivity index (χ2n) is 5.56. The fourth-order valence-corrected chi connectivity index (χ4v) is 2.62. The summed E-state index contributed by atoms with van der Waals surface area (Å²) >= 11 is 0. The first kappa shape index (κ1) is 15.0. The Labute approximate surface area is 122 Å². The molecule has 0 atom stereocenters. The molecule has 0 radical (unpaired) electrons. The highest BCUT2D eigenvalue weighted by atomic mass is 16.6. The van der Waals surface area contributed by atoms with Gasteiger partial charge in [0.15, 0.2) is 0 Å². The lowest BCUT2D eigenvalue weighted by atomic mass is 9.96. The van der Waals surface area contributed by atoms with Crippen LogP contribution >= 0.6 is 0 Å². The molecular formula is C14H17N3O4. The highest BCUT2D eigenvalue weighted by Gasteiger charge is 2.42. The molecule has 0 aliphatic carbocycles. The second-order valence-corrected chi connectivity index (χ2v) is 5.56. The van der Waals surface area contributed by atoms with E-state index in [1.165, 1.54) is 18.2 Å². The van der Waals surface area contributed by atoms with Crippen molar-refractivity contribution in [2.45, 2.75) is 19.4 Å². The Morgan fingerprint density at radius 3 is 2.57 bits per heavy atom. The zero-order chi connectivity index (χ0) is 15.8. The van der Waals surface area contributed by atoms with E-state index in [0.29, 0.717) is 25.1 Å². The summed E-state index contributed by atoms with van der Waals surface area (Å²) in [6, 6.07) is 4.29. The number of nitro groups is 1. The molecule has 21 heavy (non-hydrogen) atoms. The third-order valence-electron chi connectivity index (χ3n) is 3.83. The van der Waals surface area contributed by atoms with E-state index < -0.39 is 10.5 Å². The molecule has 1 heterocycles. The van der Waals surface area contributed by atoms with Crippen molar-refractivity contribution >= 4 is 23.6 Å². The van der Waals surface area contributed by atoms with Gasteiger partial charge in [-0.25, -0.2) is 0 Å². The number of carbonyl (C=O) groups is 2. The first-order chi connectivity index (χ1) is 9.78. The zero-order valence-electron chi connectivity index (χ0n) is 12.2. The fourth-order valence-electron chi connectivity index (χ4n) is 2.62. The van der Waals surface area contributed by atoms with Gasteiger partial charge in [0.2, 0.25) is 5.91 Å². The minimum Gasteiger partial charge on any atom is -0.350 e. The predicted octanol–water partition coefficient (Wildman–Crippen LogP) is 1.46. The summed E-state index contributed by atoms with van der Waals surface area (Å²) in [4.78, 5) is 37.2. The number of carbonyl (C=O) groups excluding carboxylic acids is 2. The average Bonchev–Trinajstić information content (AvgIpc) is 2.44. The number of rotatable bonds is 3. The van der Waals surface area contributed by atoms with E-state index >= 15 is 0 Å². The van der Waals surface area contributed by atoms with E-state index in [-0.39, 0.29) is 17.2 Å². The van der Waals surface area contributed by atoms with Gasteiger partial charge in [-0.15, -0.1) is 0 Å². The van der Waals surface area contributed by atoms with Gasteiger partial charge in [0.1, 0.15) is 17.5 Å². The minimum atomic E-state index is -0.875. The van der Waals surface area contributed by atoms with E-state index in [1.807, 2.05) is 0 Å². The molecule has 1 aromatic rings. The normalized spacial score (nSPS) is 17.8. The van der Waals surface area contributed by atoms with Crippen molar-refractivity contribution in [3.8, 4) is 0 Å².